The number of hydrogen-bond donors (Lipinski definition) is 0. The SMILES string of the molecule is COC(=O)CCN(C(=O)c1ccc(-n2cccc2)cc1)C1CCCCCC1. The molecule has 5 nitrogen and oxygen atoms in total. The summed E-state index contributed by atoms with van der Waals surface area (Å²) < 4.78 is 6.78. The van der Waals surface area contributed by atoms with Crippen LogP contribution in [0.3, 0.4) is 0 Å². The molecular formula is C22H28N2O3. The topological polar surface area (TPSA) is 51.5 Å². The number of benzene rings is 1. The predicted molar refractivity (Wildman–Crippen MR) is 105 cm³/mol. The van der Waals surface area contributed by atoms with Gasteiger partial charge in [0.15, 0.2) is 0 Å². The van der Waals surface area contributed by atoms with Gasteiger partial charge in [-0.05, 0) is 49.2 Å². The molecule has 0 bridgehead atoms. The van der Waals surface area contributed by atoms with Crippen LogP contribution in [0.15, 0.2) is 48.8 Å². The first kappa shape index (κ1) is 19.2. The number of amides is 1. The zero-order valence-corrected chi connectivity index (χ0v) is 16.0. The molecule has 2 aromatic rings. The molecule has 0 unspecified atom stereocenters. The molecule has 1 fully saturated rings. The van der Waals surface area contributed by atoms with E-state index < -0.39 is 0 Å². The molecule has 1 aliphatic carbocycles. The second kappa shape index (κ2) is 9.40. The lowest BCUT2D eigenvalue weighted by atomic mass is 10.0. The van der Waals surface area contributed by atoms with Crippen LogP contribution in [-0.4, -0.2) is 41.0 Å². The van der Waals surface area contributed by atoms with E-state index in [0.29, 0.717) is 12.1 Å². The quantitative estimate of drug-likeness (QED) is 0.567. The molecule has 1 aliphatic rings. The first-order chi connectivity index (χ1) is 13.2. The van der Waals surface area contributed by atoms with Crippen molar-refractivity contribution in [1.29, 1.82) is 0 Å². The van der Waals surface area contributed by atoms with Crippen molar-refractivity contribution >= 4 is 11.9 Å². The predicted octanol–water partition coefficient (Wildman–Crippen LogP) is 4.21. The van der Waals surface area contributed by atoms with Crippen LogP contribution in [0.4, 0.5) is 0 Å². The van der Waals surface area contributed by atoms with Crippen LogP contribution in [0, 0.1) is 0 Å². The Morgan fingerprint density at radius 3 is 2.26 bits per heavy atom. The van der Waals surface area contributed by atoms with Gasteiger partial charge in [0.25, 0.3) is 5.91 Å². The Balaban J connectivity index is 1.77. The molecule has 144 valence electrons. The minimum absolute atomic E-state index is 0.00450. The first-order valence-electron chi connectivity index (χ1n) is 9.80. The van der Waals surface area contributed by atoms with Crippen LogP contribution in [0.2, 0.25) is 0 Å². The number of methoxy groups -OCH3 is 1. The lowest BCUT2D eigenvalue weighted by molar-refractivity contribution is -0.140. The van der Waals surface area contributed by atoms with Gasteiger partial charge in [-0.3, -0.25) is 9.59 Å². The number of carbonyl (C=O) groups excluding carboxylic acids is 2. The van der Waals surface area contributed by atoms with E-state index in [9.17, 15) is 9.59 Å². The Labute approximate surface area is 160 Å². The highest BCUT2D eigenvalue weighted by Gasteiger charge is 2.26. The minimum Gasteiger partial charge on any atom is -0.469 e. The summed E-state index contributed by atoms with van der Waals surface area (Å²) in [5.41, 5.74) is 1.69. The Bertz CT molecular complexity index is 729. The molecule has 0 spiro atoms. The van der Waals surface area contributed by atoms with Gasteiger partial charge in [0.2, 0.25) is 0 Å². The fraction of sp³-hybridized carbons (Fsp3) is 0.455. The molecule has 0 N–H and O–H groups in total. The van der Waals surface area contributed by atoms with Gasteiger partial charge in [-0.2, -0.15) is 0 Å². The van der Waals surface area contributed by atoms with E-state index in [2.05, 4.69) is 0 Å². The van der Waals surface area contributed by atoms with Crippen molar-refractivity contribution in [2.24, 2.45) is 0 Å². The number of hydrogen-bond acceptors (Lipinski definition) is 3. The molecule has 27 heavy (non-hydrogen) atoms. The summed E-state index contributed by atoms with van der Waals surface area (Å²) in [5, 5.41) is 0. The molecule has 0 atom stereocenters. The van der Waals surface area contributed by atoms with Gasteiger partial charge < -0.3 is 14.2 Å². The van der Waals surface area contributed by atoms with Crippen LogP contribution in [0.5, 0.6) is 0 Å². The van der Waals surface area contributed by atoms with Crippen LogP contribution >= 0.6 is 0 Å². The number of esters is 1. The van der Waals surface area contributed by atoms with Gasteiger partial charge in [0.05, 0.1) is 13.5 Å². The van der Waals surface area contributed by atoms with Crippen LogP contribution in [-0.2, 0) is 9.53 Å². The molecular weight excluding hydrogens is 340 g/mol. The molecule has 1 saturated carbocycles. The molecule has 1 heterocycles. The summed E-state index contributed by atoms with van der Waals surface area (Å²) in [6.45, 7) is 0.412. The molecule has 1 aromatic heterocycles. The largest absolute Gasteiger partial charge is 0.469 e. The van der Waals surface area contributed by atoms with Gasteiger partial charge in [0, 0.05) is 36.2 Å². The average molecular weight is 368 g/mol. The molecule has 0 radical (unpaired) electrons. The first-order valence-corrected chi connectivity index (χ1v) is 9.80. The van der Waals surface area contributed by atoms with E-state index in [1.165, 1.54) is 20.0 Å². The number of nitrogens with zero attached hydrogens (tertiary/aromatic N) is 2. The Kier molecular flexibility index (Phi) is 6.69. The second-order valence-corrected chi connectivity index (χ2v) is 7.11. The monoisotopic (exact) mass is 368 g/mol. The Morgan fingerprint density at radius 1 is 1.04 bits per heavy atom. The van der Waals surface area contributed by atoms with Crippen molar-refractivity contribution in [1.82, 2.24) is 9.47 Å². The molecule has 3 rings (SSSR count). The summed E-state index contributed by atoms with van der Waals surface area (Å²) in [6.07, 6.45) is 10.9. The van der Waals surface area contributed by atoms with Crippen molar-refractivity contribution in [2.45, 2.75) is 51.0 Å². The molecule has 1 aromatic carbocycles. The van der Waals surface area contributed by atoms with Gasteiger partial charge in [-0.1, -0.05) is 25.7 Å². The summed E-state index contributed by atoms with van der Waals surface area (Å²) >= 11 is 0. The number of aromatic nitrogens is 1. The van der Waals surface area contributed by atoms with Crippen LogP contribution < -0.4 is 0 Å². The van der Waals surface area contributed by atoms with E-state index in [4.69, 9.17) is 4.74 Å². The van der Waals surface area contributed by atoms with E-state index in [1.807, 2.05) is 58.3 Å². The van der Waals surface area contributed by atoms with Crippen molar-refractivity contribution in [2.75, 3.05) is 13.7 Å². The van der Waals surface area contributed by atoms with Gasteiger partial charge in [0.1, 0.15) is 0 Å². The highest BCUT2D eigenvalue weighted by atomic mass is 16.5. The zero-order chi connectivity index (χ0) is 19.1. The summed E-state index contributed by atoms with van der Waals surface area (Å²) in [5.74, 6) is -0.269. The van der Waals surface area contributed by atoms with Gasteiger partial charge >= 0.3 is 5.97 Å². The summed E-state index contributed by atoms with van der Waals surface area (Å²) in [7, 11) is 1.39. The van der Waals surface area contributed by atoms with Gasteiger partial charge in [-0.25, -0.2) is 0 Å². The Morgan fingerprint density at radius 2 is 1.67 bits per heavy atom. The minimum atomic E-state index is -0.274. The van der Waals surface area contributed by atoms with Crippen molar-refractivity contribution in [3.05, 3.63) is 54.4 Å². The van der Waals surface area contributed by atoms with Crippen LogP contribution in [0.25, 0.3) is 5.69 Å². The molecule has 0 saturated heterocycles. The third-order valence-corrected chi connectivity index (χ3v) is 5.33. The van der Waals surface area contributed by atoms with Gasteiger partial charge in [-0.15, -0.1) is 0 Å². The Hall–Kier alpha value is -2.56. The van der Waals surface area contributed by atoms with E-state index in [0.717, 1.165) is 31.4 Å². The van der Waals surface area contributed by atoms with E-state index >= 15 is 0 Å². The third-order valence-electron chi connectivity index (χ3n) is 5.33. The number of carbonyl (C=O) groups is 2. The van der Waals surface area contributed by atoms with Crippen molar-refractivity contribution in [3.8, 4) is 5.69 Å². The lowest BCUT2D eigenvalue weighted by Crippen LogP contribution is -2.41. The third kappa shape index (κ3) is 5.00. The average Bonchev–Trinajstić information content (AvgIpc) is 3.11. The maximum absolute atomic E-state index is 13.2. The summed E-state index contributed by atoms with van der Waals surface area (Å²) in [4.78, 5) is 26.8. The lowest BCUT2D eigenvalue weighted by Gasteiger charge is -2.31. The fourth-order valence-electron chi connectivity index (χ4n) is 3.78. The molecule has 0 aliphatic heterocycles. The number of ether oxygens (including phenoxy) is 1. The zero-order valence-electron chi connectivity index (χ0n) is 16.0. The highest BCUT2D eigenvalue weighted by molar-refractivity contribution is 5.94. The van der Waals surface area contributed by atoms with E-state index in [1.54, 1.807) is 0 Å². The van der Waals surface area contributed by atoms with Crippen molar-refractivity contribution < 1.29 is 14.3 Å². The maximum Gasteiger partial charge on any atom is 0.307 e. The smallest absolute Gasteiger partial charge is 0.307 e. The van der Waals surface area contributed by atoms with Crippen molar-refractivity contribution in [3.63, 3.8) is 0 Å². The second-order valence-electron chi connectivity index (χ2n) is 7.11. The van der Waals surface area contributed by atoms with Crippen LogP contribution in [0.1, 0.15) is 55.3 Å². The normalized spacial score (nSPS) is 15.1. The number of rotatable bonds is 6. The molecule has 5 heteroatoms. The highest BCUT2D eigenvalue weighted by Crippen LogP contribution is 2.24. The molecule has 1 amide bonds. The van der Waals surface area contributed by atoms with E-state index in [-0.39, 0.29) is 24.3 Å². The summed E-state index contributed by atoms with van der Waals surface area (Å²) in [6, 6.07) is 11.8. The maximum atomic E-state index is 13.2. The fourth-order valence-corrected chi connectivity index (χ4v) is 3.78. The standard InChI is InChI=1S/C22H28N2O3/c1-27-21(25)14-17-24(20-8-4-2-3-5-9-20)22(26)18-10-12-19(13-11-18)23-15-6-7-16-23/h6-7,10-13,15-16,20H,2-5,8-9,14,17H2,1H3.